The molecule has 9 heteroatoms. The number of nitrogens with two attached hydrogens (primary N) is 1. The van der Waals surface area contributed by atoms with Crippen molar-refractivity contribution in [2.45, 2.75) is 13.5 Å². The molecule has 3 aromatic heterocycles. The Labute approximate surface area is 164 Å². The molecule has 0 aliphatic heterocycles. The Morgan fingerprint density at radius 1 is 1.17 bits per heavy atom. The Balaban J connectivity index is 1.58. The van der Waals surface area contributed by atoms with Gasteiger partial charge >= 0.3 is 6.03 Å². The van der Waals surface area contributed by atoms with Gasteiger partial charge in [0.2, 0.25) is 0 Å². The highest BCUT2D eigenvalue weighted by molar-refractivity contribution is 6.06. The van der Waals surface area contributed by atoms with Crippen LogP contribution in [-0.2, 0) is 6.54 Å². The molecule has 0 atom stereocenters. The number of nitrogens with one attached hydrogen (secondary N) is 2. The molecule has 3 heterocycles. The highest BCUT2D eigenvalue weighted by atomic mass is 16.5. The first-order valence-electron chi connectivity index (χ1n) is 8.76. The Kier molecular flexibility index (Phi) is 4.70. The van der Waals surface area contributed by atoms with Crippen LogP contribution in [0.25, 0.3) is 22.6 Å². The van der Waals surface area contributed by atoms with Gasteiger partial charge in [0.1, 0.15) is 5.69 Å². The average Bonchev–Trinajstić information content (AvgIpc) is 3.36. The Morgan fingerprint density at radius 2 is 1.97 bits per heavy atom. The lowest BCUT2D eigenvalue weighted by Gasteiger charge is -2.08. The third-order valence-electron chi connectivity index (χ3n) is 4.31. The number of nitrogens with zero attached hydrogens (tertiary/aromatic N) is 2. The third-order valence-corrected chi connectivity index (χ3v) is 4.31. The molecule has 3 amide bonds. The predicted octanol–water partition coefficient (Wildman–Crippen LogP) is 3.21. The van der Waals surface area contributed by atoms with Gasteiger partial charge in [-0.15, -0.1) is 0 Å². The molecule has 4 aromatic rings. The van der Waals surface area contributed by atoms with E-state index in [1.165, 1.54) is 6.26 Å². The average molecular weight is 391 g/mol. The highest BCUT2D eigenvalue weighted by Crippen LogP contribution is 2.27. The second-order valence-corrected chi connectivity index (χ2v) is 6.35. The fraction of sp³-hybridized carbons (Fsp3) is 0.100. The van der Waals surface area contributed by atoms with Gasteiger partial charge in [-0.3, -0.25) is 4.79 Å². The van der Waals surface area contributed by atoms with Crippen LogP contribution in [0, 0.1) is 6.92 Å². The molecule has 4 rings (SSSR count). The van der Waals surface area contributed by atoms with Gasteiger partial charge in [-0.25, -0.2) is 9.78 Å². The highest BCUT2D eigenvalue weighted by Gasteiger charge is 2.20. The van der Waals surface area contributed by atoms with E-state index in [0.717, 1.165) is 5.56 Å². The number of aryl methyl sites for hydroxylation is 1. The first kappa shape index (κ1) is 18.2. The quantitative estimate of drug-likeness (QED) is 0.478. The summed E-state index contributed by atoms with van der Waals surface area (Å²) in [5, 5.41) is 9.84. The van der Waals surface area contributed by atoms with E-state index in [2.05, 4.69) is 20.8 Å². The molecule has 0 spiro atoms. The first-order chi connectivity index (χ1) is 14.0. The summed E-state index contributed by atoms with van der Waals surface area (Å²) in [6.45, 7) is 2.04. The van der Waals surface area contributed by atoms with E-state index in [1.807, 2.05) is 0 Å². The standard InChI is InChI=1S/C20H17N5O4/c1-11-17-14(9-15(16-3-2-8-28-16)24-19(17)29-25-11)18(26)22-10-12-4-6-13(7-5-12)23-20(21)27/h2-9H,10H2,1H3,(H,22,26)(H3,21,23,27). The van der Waals surface area contributed by atoms with Crippen LogP contribution in [0.1, 0.15) is 21.6 Å². The van der Waals surface area contributed by atoms with E-state index in [-0.39, 0.29) is 11.6 Å². The zero-order valence-electron chi connectivity index (χ0n) is 15.4. The Hall–Kier alpha value is -4.14. The lowest BCUT2D eigenvalue weighted by Crippen LogP contribution is -2.23. The summed E-state index contributed by atoms with van der Waals surface area (Å²) in [6.07, 6.45) is 1.53. The minimum atomic E-state index is -0.635. The minimum Gasteiger partial charge on any atom is -0.463 e. The van der Waals surface area contributed by atoms with E-state index in [9.17, 15) is 9.59 Å². The van der Waals surface area contributed by atoms with Gasteiger partial charge in [-0.1, -0.05) is 17.3 Å². The maximum Gasteiger partial charge on any atom is 0.316 e. The fourth-order valence-corrected chi connectivity index (χ4v) is 2.95. The summed E-state index contributed by atoms with van der Waals surface area (Å²) in [7, 11) is 0. The molecule has 1 aromatic carbocycles. The van der Waals surface area contributed by atoms with Crippen molar-refractivity contribution >= 4 is 28.7 Å². The number of hydrogen-bond donors (Lipinski definition) is 3. The second-order valence-electron chi connectivity index (χ2n) is 6.35. The molecule has 0 saturated heterocycles. The monoisotopic (exact) mass is 391 g/mol. The summed E-state index contributed by atoms with van der Waals surface area (Å²) in [5.41, 5.74) is 8.23. The third kappa shape index (κ3) is 3.79. The molecule has 0 radical (unpaired) electrons. The maximum absolute atomic E-state index is 12.9. The summed E-state index contributed by atoms with van der Waals surface area (Å²) in [5.74, 6) is 0.225. The number of carbonyl (C=O) groups excluding carboxylic acids is 2. The topological polar surface area (TPSA) is 136 Å². The zero-order chi connectivity index (χ0) is 20.4. The summed E-state index contributed by atoms with van der Waals surface area (Å²) in [4.78, 5) is 28.2. The molecule has 9 nitrogen and oxygen atoms in total. The maximum atomic E-state index is 12.9. The molecule has 0 aliphatic carbocycles. The molecule has 146 valence electrons. The first-order valence-corrected chi connectivity index (χ1v) is 8.76. The normalized spacial score (nSPS) is 10.8. The van der Waals surface area contributed by atoms with E-state index in [0.29, 0.717) is 40.3 Å². The van der Waals surface area contributed by atoms with Crippen molar-refractivity contribution in [1.82, 2.24) is 15.5 Å². The number of furan rings is 1. The number of pyridine rings is 1. The van der Waals surface area contributed by atoms with E-state index < -0.39 is 6.03 Å². The number of hydrogen-bond acceptors (Lipinski definition) is 6. The number of aromatic nitrogens is 2. The molecule has 0 saturated carbocycles. The number of primary amides is 1. The van der Waals surface area contributed by atoms with Crippen LogP contribution in [0.15, 0.2) is 57.7 Å². The SMILES string of the molecule is Cc1noc2nc(-c3ccco3)cc(C(=O)NCc3ccc(NC(N)=O)cc3)c12. The van der Waals surface area contributed by atoms with Crippen LogP contribution in [0.5, 0.6) is 0 Å². The number of benzene rings is 1. The smallest absolute Gasteiger partial charge is 0.316 e. The van der Waals surface area contributed by atoms with Gasteiger partial charge < -0.3 is 25.3 Å². The number of anilines is 1. The Bertz CT molecular complexity index is 1180. The fourth-order valence-electron chi connectivity index (χ4n) is 2.95. The number of amides is 3. The van der Waals surface area contributed by atoms with Gasteiger partial charge in [0, 0.05) is 12.2 Å². The van der Waals surface area contributed by atoms with Crippen molar-refractivity contribution in [3.8, 4) is 11.5 Å². The number of rotatable bonds is 5. The summed E-state index contributed by atoms with van der Waals surface area (Å²) >= 11 is 0. The number of fused-ring (bicyclic) bond motifs is 1. The molecule has 0 aliphatic rings. The van der Waals surface area contributed by atoms with Crippen molar-refractivity contribution in [3.63, 3.8) is 0 Å². The van der Waals surface area contributed by atoms with Crippen LogP contribution < -0.4 is 16.4 Å². The van der Waals surface area contributed by atoms with E-state index >= 15 is 0 Å². The molecular weight excluding hydrogens is 374 g/mol. The zero-order valence-corrected chi connectivity index (χ0v) is 15.4. The molecule has 4 N–H and O–H groups in total. The van der Waals surface area contributed by atoms with Crippen LogP contribution in [0.2, 0.25) is 0 Å². The van der Waals surface area contributed by atoms with Gasteiger partial charge in [0.05, 0.1) is 22.9 Å². The van der Waals surface area contributed by atoms with Crippen LogP contribution in [0.3, 0.4) is 0 Å². The second kappa shape index (κ2) is 7.47. The van der Waals surface area contributed by atoms with Crippen molar-refractivity contribution in [3.05, 3.63) is 65.5 Å². The van der Waals surface area contributed by atoms with E-state index in [1.54, 1.807) is 49.4 Å². The molecular formula is C20H17N5O4. The van der Waals surface area contributed by atoms with Gasteiger partial charge in [-0.05, 0) is 42.8 Å². The van der Waals surface area contributed by atoms with Crippen LogP contribution in [-0.4, -0.2) is 22.1 Å². The summed E-state index contributed by atoms with van der Waals surface area (Å²) in [6, 6.07) is 11.5. The molecule has 0 bridgehead atoms. The largest absolute Gasteiger partial charge is 0.463 e. The van der Waals surface area contributed by atoms with Crippen molar-refractivity contribution in [1.29, 1.82) is 0 Å². The van der Waals surface area contributed by atoms with Crippen molar-refractivity contribution in [2.75, 3.05) is 5.32 Å². The number of urea groups is 1. The molecule has 0 unspecified atom stereocenters. The van der Waals surface area contributed by atoms with Crippen LogP contribution in [0.4, 0.5) is 10.5 Å². The van der Waals surface area contributed by atoms with Crippen molar-refractivity contribution in [2.24, 2.45) is 5.73 Å². The summed E-state index contributed by atoms with van der Waals surface area (Å²) < 4.78 is 10.6. The minimum absolute atomic E-state index is 0.267. The van der Waals surface area contributed by atoms with Gasteiger partial charge in [-0.2, -0.15) is 0 Å². The van der Waals surface area contributed by atoms with Gasteiger partial charge in [0.15, 0.2) is 5.76 Å². The Morgan fingerprint density at radius 3 is 2.66 bits per heavy atom. The lowest BCUT2D eigenvalue weighted by atomic mass is 10.1. The molecule has 0 fully saturated rings. The van der Waals surface area contributed by atoms with Crippen molar-refractivity contribution < 1.29 is 18.5 Å². The lowest BCUT2D eigenvalue weighted by molar-refractivity contribution is 0.0952. The predicted molar refractivity (Wildman–Crippen MR) is 105 cm³/mol. The van der Waals surface area contributed by atoms with E-state index in [4.69, 9.17) is 14.7 Å². The van der Waals surface area contributed by atoms with Gasteiger partial charge in [0.25, 0.3) is 11.6 Å². The molecule has 29 heavy (non-hydrogen) atoms. The van der Waals surface area contributed by atoms with Crippen LogP contribution >= 0.6 is 0 Å². The number of carbonyl (C=O) groups is 2.